The molecule has 1 heterocycles. The molecule has 6 heteroatoms. The number of likely N-dealkylation sites (tertiary alicyclic amines) is 1. The lowest BCUT2D eigenvalue weighted by atomic mass is 9.96. The number of nitrogens with zero attached hydrogens (tertiary/aromatic N) is 1. The summed E-state index contributed by atoms with van der Waals surface area (Å²) in [6.07, 6.45) is 1.51. The number of carbonyl (C=O) groups is 1. The first-order valence-corrected chi connectivity index (χ1v) is 7.15. The van der Waals surface area contributed by atoms with Gasteiger partial charge in [0, 0.05) is 6.54 Å². The van der Waals surface area contributed by atoms with E-state index >= 15 is 0 Å². The van der Waals surface area contributed by atoms with Crippen LogP contribution in [0.4, 0.5) is 4.39 Å². The zero-order valence-electron chi connectivity index (χ0n) is 11.3. The normalized spacial score (nSPS) is 19.5. The largest absolute Gasteiger partial charge is 0.388 e. The molecule has 2 rings (SSSR count). The molecule has 110 valence electrons. The molecule has 1 atom stereocenters. The molecule has 1 N–H and O–H groups in total. The molecule has 20 heavy (non-hydrogen) atoms. The van der Waals surface area contributed by atoms with Gasteiger partial charge in [-0.2, -0.15) is 0 Å². The highest BCUT2D eigenvalue weighted by Gasteiger charge is 2.39. The van der Waals surface area contributed by atoms with Crippen LogP contribution in [0.25, 0.3) is 0 Å². The zero-order chi connectivity index (χ0) is 15.1. The molecule has 1 aromatic rings. The molecule has 1 amide bonds. The highest BCUT2D eigenvalue weighted by molar-refractivity contribution is 6.36. The minimum atomic E-state index is -1.01. The molecule has 1 aromatic carbocycles. The Bertz CT molecular complexity index is 543. The number of halogens is 3. The fourth-order valence-electron chi connectivity index (χ4n) is 2.59. The Kier molecular flexibility index (Phi) is 4.28. The fourth-order valence-corrected chi connectivity index (χ4v) is 3.05. The molecule has 0 aliphatic carbocycles. The molecular formula is C14H16Cl2FNO2. The first kappa shape index (κ1) is 15.5. The molecule has 1 aliphatic rings. The minimum absolute atomic E-state index is 0.0738. The van der Waals surface area contributed by atoms with Crippen LogP contribution in [0.5, 0.6) is 0 Å². The third-order valence-electron chi connectivity index (χ3n) is 3.57. The molecule has 1 saturated heterocycles. The Balaban J connectivity index is 2.34. The Morgan fingerprint density at radius 2 is 2.05 bits per heavy atom. The lowest BCUT2D eigenvalue weighted by Crippen LogP contribution is -2.48. The van der Waals surface area contributed by atoms with Crippen LogP contribution < -0.4 is 0 Å². The molecule has 3 nitrogen and oxygen atoms in total. The van der Waals surface area contributed by atoms with Gasteiger partial charge in [0.1, 0.15) is 5.82 Å². The fraction of sp³-hybridized carbons (Fsp3) is 0.500. The SMILES string of the molecule is CC(C)(O)C1CCCN1C(=O)c1cc(F)c(Cl)cc1Cl. The Morgan fingerprint density at radius 3 is 2.65 bits per heavy atom. The maximum absolute atomic E-state index is 13.5. The standard InChI is InChI=1S/C14H16Cl2FNO2/c1-14(2,20)12-4-3-5-18(12)13(19)8-6-11(17)10(16)7-9(8)15/h6-7,12,20H,3-5H2,1-2H3. The van der Waals surface area contributed by atoms with Crippen LogP contribution >= 0.6 is 23.2 Å². The molecule has 0 bridgehead atoms. The van der Waals surface area contributed by atoms with Crippen molar-refractivity contribution in [3.8, 4) is 0 Å². The van der Waals surface area contributed by atoms with Gasteiger partial charge >= 0.3 is 0 Å². The highest BCUT2D eigenvalue weighted by atomic mass is 35.5. The second-order valence-corrected chi connectivity index (χ2v) is 6.37. The monoisotopic (exact) mass is 319 g/mol. The van der Waals surface area contributed by atoms with Crippen molar-refractivity contribution in [2.45, 2.75) is 38.3 Å². The first-order chi connectivity index (χ1) is 9.21. The van der Waals surface area contributed by atoms with Gasteiger partial charge in [-0.25, -0.2) is 4.39 Å². The van der Waals surface area contributed by atoms with Gasteiger partial charge in [0.05, 0.1) is 27.3 Å². The quantitative estimate of drug-likeness (QED) is 0.847. The smallest absolute Gasteiger partial charge is 0.255 e. The molecule has 0 saturated carbocycles. The predicted octanol–water partition coefficient (Wildman–Crippen LogP) is 3.51. The van der Waals surface area contributed by atoms with E-state index < -0.39 is 11.4 Å². The van der Waals surface area contributed by atoms with Gasteiger partial charge in [-0.15, -0.1) is 0 Å². The molecular weight excluding hydrogens is 304 g/mol. The molecule has 0 radical (unpaired) electrons. The maximum atomic E-state index is 13.5. The van der Waals surface area contributed by atoms with Gasteiger partial charge in [0.25, 0.3) is 5.91 Å². The summed E-state index contributed by atoms with van der Waals surface area (Å²) >= 11 is 11.6. The maximum Gasteiger partial charge on any atom is 0.255 e. The number of rotatable bonds is 2. The molecule has 1 fully saturated rings. The molecule has 0 aromatic heterocycles. The number of amides is 1. The van der Waals surface area contributed by atoms with Gasteiger partial charge in [-0.05, 0) is 38.8 Å². The topological polar surface area (TPSA) is 40.5 Å². The summed E-state index contributed by atoms with van der Waals surface area (Å²) in [4.78, 5) is 14.1. The van der Waals surface area contributed by atoms with E-state index in [1.54, 1.807) is 18.7 Å². The molecule has 1 aliphatic heterocycles. The average molecular weight is 320 g/mol. The van der Waals surface area contributed by atoms with Gasteiger partial charge in [-0.3, -0.25) is 4.79 Å². The summed E-state index contributed by atoms with van der Waals surface area (Å²) in [6.45, 7) is 3.84. The Hall–Kier alpha value is -0.840. The van der Waals surface area contributed by atoms with Gasteiger partial charge in [-0.1, -0.05) is 23.2 Å². The van der Waals surface area contributed by atoms with Crippen molar-refractivity contribution in [1.82, 2.24) is 4.90 Å². The molecule has 0 spiro atoms. The second kappa shape index (κ2) is 5.51. The lowest BCUT2D eigenvalue weighted by molar-refractivity contribution is 0.000329. The van der Waals surface area contributed by atoms with Crippen molar-refractivity contribution in [2.75, 3.05) is 6.54 Å². The summed E-state index contributed by atoms with van der Waals surface area (Å²) in [7, 11) is 0. The van der Waals surface area contributed by atoms with Crippen LogP contribution in [0.2, 0.25) is 10.0 Å². The number of aliphatic hydroxyl groups is 1. The van der Waals surface area contributed by atoms with E-state index in [2.05, 4.69) is 0 Å². The summed E-state index contributed by atoms with van der Waals surface area (Å²) in [5.41, 5.74) is -0.936. The van der Waals surface area contributed by atoms with Crippen molar-refractivity contribution >= 4 is 29.1 Å². The Labute approximate surface area is 127 Å². The van der Waals surface area contributed by atoms with Crippen molar-refractivity contribution in [3.05, 3.63) is 33.6 Å². The van der Waals surface area contributed by atoms with Gasteiger partial charge in [0.2, 0.25) is 0 Å². The van der Waals surface area contributed by atoms with Crippen molar-refractivity contribution in [1.29, 1.82) is 0 Å². The van der Waals surface area contributed by atoms with Crippen LogP contribution in [-0.2, 0) is 0 Å². The summed E-state index contributed by atoms with van der Waals surface area (Å²) in [6, 6.07) is 1.97. The van der Waals surface area contributed by atoms with E-state index in [9.17, 15) is 14.3 Å². The van der Waals surface area contributed by atoms with E-state index in [4.69, 9.17) is 23.2 Å². The first-order valence-electron chi connectivity index (χ1n) is 6.39. The third-order valence-corrected chi connectivity index (χ3v) is 4.17. The van der Waals surface area contributed by atoms with Crippen molar-refractivity contribution in [2.24, 2.45) is 0 Å². The summed E-state index contributed by atoms with van der Waals surface area (Å²) in [5, 5.41) is 10.1. The van der Waals surface area contributed by atoms with E-state index in [0.717, 1.165) is 12.5 Å². The van der Waals surface area contributed by atoms with Crippen LogP contribution in [-0.4, -0.2) is 34.1 Å². The van der Waals surface area contributed by atoms with Crippen LogP contribution in [0, 0.1) is 5.82 Å². The second-order valence-electron chi connectivity index (χ2n) is 5.56. The number of hydrogen-bond acceptors (Lipinski definition) is 2. The van der Waals surface area contributed by atoms with Gasteiger partial charge in [0.15, 0.2) is 0 Å². The summed E-state index contributed by atoms with van der Waals surface area (Å²) < 4.78 is 13.5. The average Bonchev–Trinajstić information content (AvgIpc) is 2.81. The molecule has 1 unspecified atom stereocenters. The van der Waals surface area contributed by atoms with Crippen LogP contribution in [0.15, 0.2) is 12.1 Å². The third kappa shape index (κ3) is 2.92. The number of benzene rings is 1. The minimum Gasteiger partial charge on any atom is -0.388 e. The zero-order valence-corrected chi connectivity index (χ0v) is 12.8. The lowest BCUT2D eigenvalue weighted by Gasteiger charge is -2.34. The summed E-state index contributed by atoms with van der Waals surface area (Å²) in [5.74, 6) is -1.06. The van der Waals surface area contributed by atoms with E-state index in [1.807, 2.05) is 0 Å². The van der Waals surface area contributed by atoms with Gasteiger partial charge < -0.3 is 10.0 Å². The predicted molar refractivity (Wildman–Crippen MR) is 76.8 cm³/mol. The highest BCUT2D eigenvalue weighted by Crippen LogP contribution is 2.31. The van der Waals surface area contributed by atoms with E-state index in [-0.39, 0.29) is 27.6 Å². The number of carbonyl (C=O) groups excluding carboxylic acids is 1. The van der Waals surface area contributed by atoms with Crippen molar-refractivity contribution in [3.63, 3.8) is 0 Å². The van der Waals surface area contributed by atoms with E-state index in [1.165, 1.54) is 6.07 Å². The van der Waals surface area contributed by atoms with Crippen LogP contribution in [0.3, 0.4) is 0 Å². The van der Waals surface area contributed by atoms with Crippen molar-refractivity contribution < 1.29 is 14.3 Å². The Morgan fingerprint density at radius 1 is 1.40 bits per heavy atom. The van der Waals surface area contributed by atoms with Crippen LogP contribution in [0.1, 0.15) is 37.0 Å². The van der Waals surface area contributed by atoms with E-state index in [0.29, 0.717) is 13.0 Å². The number of hydrogen-bond donors (Lipinski definition) is 1.